The van der Waals surface area contributed by atoms with Crippen LogP contribution in [0, 0.1) is 0 Å². The van der Waals surface area contributed by atoms with Crippen molar-refractivity contribution in [2.75, 3.05) is 53.9 Å². The zero-order chi connectivity index (χ0) is 18.8. The lowest BCUT2D eigenvalue weighted by atomic mass is 10.4. The predicted molar refractivity (Wildman–Crippen MR) is 87.2 cm³/mol. The standard InChI is InChI=1S/C9H16O4.C7H12O4/c1-8(2)9(10)13-7-6-12-5-4-11-3;1-6(2)7(8)11-10-5-4-9-3/h1,4-7H2,2-3H3;1,4-5H2,2-3H3. The number of esters is 1. The van der Waals surface area contributed by atoms with E-state index in [1.165, 1.54) is 7.11 Å². The Hall–Kier alpha value is -1.74. The van der Waals surface area contributed by atoms with Gasteiger partial charge in [0.1, 0.15) is 13.2 Å². The third kappa shape index (κ3) is 18.3. The number of hydrogen-bond donors (Lipinski definition) is 0. The molecular formula is C16H28O8. The fourth-order valence-electron chi connectivity index (χ4n) is 0.844. The summed E-state index contributed by atoms with van der Waals surface area (Å²) in [6, 6.07) is 0. The van der Waals surface area contributed by atoms with Gasteiger partial charge in [0, 0.05) is 25.4 Å². The van der Waals surface area contributed by atoms with Crippen LogP contribution in [0.1, 0.15) is 13.8 Å². The van der Waals surface area contributed by atoms with Crippen LogP contribution in [0.3, 0.4) is 0 Å². The van der Waals surface area contributed by atoms with Gasteiger partial charge < -0.3 is 18.9 Å². The van der Waals surface area contributed by atoms with Crippen LogP contribution >= 0.6 is 0 Å². The maximum Gasteiger partial charge on any atom is 0.368 e. The van der Waals surface area contributed by atoms with Crippen molar-refractivity contribution in [3.8, 4) is 0 Å². The quantitative estimate of drug-likeness (QED) is 0.172. The molecule has 0 atom stereocenters. The van der Waals surface area contributed by atoms with Crippen LogP contribution in [-0.4, -0.2) is 65.8 Å². The zero-order valence-electron chi connectivity index (χ0n) is 14.9. The van der Waals surface area contributed by atoms with E-state index in [4.69, 9.17) is 14.2 Å². The highest BCUT2D eigenvalue weighted by molar-refractivity contribution is 5.87. The first-order chi connectivity index (χ1) is 11.4. The number of rotatable bonds is 12. The van der Waals surface area contributed by atoms with Crippen molar-refractivity contribution in [3.63, 3.8) is 0 Å². The summed E-state index contributed by atoms with van der Waals surface area (Å²) < 4.78 is 19.3. The molecule has 0 aliphatic heterocycles. The summed E-state index contributed by atoms with van der Waals surface area (Å²) in [5.41, 5.74) is 0.708. The minimum atomic E-state index is -0.555. The van der Waals surface area contributed by atoms with Gasteiger partial charge in [-0.1, -0.05) is 13.2 Å². The molecule has 0 saturated heterocycles. The molecule has 0 rings (SSSR count). The molecule has 0 fully saturated rings. The Kier molecular flexibility index (Phi) is 18.0. The van der Waals surface area contributed by atoms with Crippen molar-refractivity contribution >= 4 is 11.9 Å². The Morgan fingerprint density at radius 3 is 1.75 bits per heavy atom. The zero-order valence-corrected chi connectivity index (χ0v) is 14.9. The Balaban J connectivity index is 0. The van der Waals surface area contributed by atoms with Gasteiger partial charge in [0.25, 0.3) is 0 Å². The second-order valence-corrected chi connectivity index (χ2v) is 4.49. The third-order valence-corrected chi connectivity index (χ3v) is 2.09. The molecule has 0 aromatic heterocycles. The molecule has 0 radical (unpaired) electrons. The molecule has 0 saturated carbocycles. The van der Waals surface area contributed by atoms with Gasteiger partial charge in [-0.15, -0.1) is 0 Å². The minimum absolute atomic E-state index is 0.232. The van der Waals surface area contributed by atoms with Gasteiger partial charge in [-0.2, -0.15) is 4.89 Å². The van der Waals surface area contributed by atoms with Crippen molar-refractivity contribution < 1.29 is 38.3 Å². The molecule has 0 aliphatic carbocycles. The minimum Gasteiger partial charge on any atom is -0.460 e. The monoisotopic (exact) mass is 348 g/mol. The van der Waals surface area contributed by atoms with Gasteiger partial charge in [-0.3, -0.25) is 4.89 Å². The third-order valence-electron chi connectivity index (χ3n) is 2.09. The first-order valence-electron chi connectivity index (χ1n) is 7.24. The van der Waals surface area contributed by atoms with E-state index in [1.807, 2.05) is 0 Å². The first kappa shape index (κ1) is 24.5. The summed E-state index contributed by atoms with van der Waals surface area (Å²) >= 11 is 0. The van der Waals surface area contributed by atoms with Crippen LogP contribution in [0.15, 0.2) is 24.3 Å². The average Bonchev–Trinajstić information content (AvgIpc) is 2.54. The Bertz CT molecular complexity index is 378. The predicted octanol–water partition coefficient (Wildman–Crippen LogP) is 1.45. The molecule has 0 N–H and O–H groups in total. The van der Waals surface area contributed by atoms with Crippen molar-refractivity contribution in [2.24, 2.45) is 0 Å². The van der Waals surface area contributed by atoms with Crippen molar-refractivity contribution in [1.29, 1.82) is 0 Å². The van der Waals surface area contributed by atoms with E-state index in [0.29, 0.717) is 37.6 Å². The van der Waals surface area contributed by atoms with E-state index in [1.54, 1.807) is 21.0 Å². The smallest absolute Gasteiger partial charge is 0.368 e. The van der Waals surface area contributed by atoms with Crippen LogP contribution in [0.5, 0.6) is 0 Å². The highest BCUT2D eigenvalue weighted by Crippen LogP contribution is 1.92. The van der Waals surface area contributed by atoms with Crippen LogP contribution < -0.4 is 0 Å². The highest BCUT2D eigenvalue weighted by atomic mass is 17.2. The van der Waals surface area contributed by atoms with E-state index in [0.717, 1.165) is 0 Å². The molecule has 24 heavy (non-hydrogen) atoms. The maximum absolute atomic E-state index is 10.8. The summed E-state index contributed by atoms with van der Waals surface area (Å²) in [5.74, 6) is -0.934. The van der Waals surface area contributed by atoms with Gasteiger partial charge in [-0.05, 0) is 13.8 Å². The molecule has 0 heterocycles. The highest BCUT2D eigenvalue weighted by Gasteiger charge is 2.03. The van der Waals surface area contributed by atoms with Crippen LogP contribution in [0.4, 0.5) is 0 Å². The van der Waals surface area contributed by atoms with Crippen LogP contribution in [-0.2, 0) is 38.3 Å². The Morgan fingerprint density at radius 1 is 0.750 bits per heavy atom. The van der Waals surface area contributed by atoms with Gasteiger partial charge in [0.2, 0.25) is 0 Å². The molecule has 0 spiro atoms. The molecule has 0 aromatic rings. The molecule has 0 aromatic carbocycles. The van der Waals surface area contributed by atoms with Crippen molar-refractivity contribution in [2.45, 2.75) is 13.8 Å². The summed E-state index contributed by atoms with van der Waals surface area (Å²) in [6.45, 7) is 12.3. The summed E-state index contributed by atoms with van der Waals surface area (Å²) in [6.07, 6.45) is 0. The maximum atomic E-state index is 10.8. The fraction of sp³-hybridized carbons (Fsp3) is 0.625. The number of ether oxygens (including phenoxy) is 4. The second-order valence-electron chi connectivity index (χ2n) is 4.49. The van der Waals surface area contributed by atoms with Crippen molar-refractivity contribution in [1.82, 2.24) is 0 Å². The first-order valence-corrected chi connectivity index (χ1v) is 7.24. The molecule has 8 nitrogen and oxygen atoms in total. The lowest BCUT2D eigenvalue weighted by Crippen LogP contribution is -2.12. The largest absolute Gasteiger partial charge is 0.460 e. The molecule has 0 unspecified atom stereocenters. The fourth-order valence-corrected chi connectivity index (χ4v) is 0.844. The Morgan fingerprint density at radius 2 is 1.25 bits per heavy atom. The van der Waals surface area contributed by atoms with E-state index >= 15 is 0 Å². The number of hydrogen-bond acceptors (Lipinski definition) is 8. The number of carbonyl (C=O) groups excluding carboxylic acids is 2. The summed E-state index contributed by atoms with van der Waals surface area (Å²) in [4.78, 5) is 30.2. The van der Waals surface area contributed by atoms with E-state index < -0.39 is 5.97 Å². The van der Waals surface area contributed by atoms with Crippen LogP contribution in [0.25, 0.3) is 0 Å². The summed E-state index contributed by atoms with van der Waals surface area (Å²) in [7, 11) is 3.13. The van der Waals surface area contributed by atoms with Gasteiger partial charge in [0.15, 0.2) is 0 Å². The number of carbonyl (C=O) groups is 2. The lowest BCUT2D eigenvalue weighted by molar-refractivity contribution is -0.271. The van der Waals surface area contributed by atoms with Gasteiger partial charge in [-0.25, -0.2) is 9.59 Å². The topological polar surface area (TPSA) is 89.5 Å². The molecule has 0 bridgehead atoms. The molecule has 0 aliphatic rings. The van der Waals surface area contributed by atoms with Gasteiger partial charge >= 0.3 is 11.9 Å². The number of methoxy groups -OCH3 is 2. The normalized spacial score (nSPS) is 9.50. The van der Waals surface area contributed by atoms with E-state index in [9.17, 15) is 9.59 Å². The van der Waals surface area contributed by atoms with E-state index in [2.05, 4.69) is 27.7 Å². The Labute approximate surface area is 143 Å². The summed E-state index contributed by atoms with van der Waals surface area (Å²) in [5, 5.41) is 0. The molecule has 8 heteroatoms. The lowest BCUT2D eigenvalue weighted by Gasteiger charge is -2.04. The molecular weight excluding hydrogens is 320 g/mol. The van der Waals surface area contributed by atoms with E-state index in [-0.39, 0.29) is 19.2 Å². The molecule has 140 valence electrons. The SMILES string of the molecule is C=C(C)C(=O)OCCOCCOC.C=C(C)C(=O)OOCCOC. The van der Waals surface area contributed by atoms with Crippen molar-refractivity contribution in [3.05, 3.63) is 24.3 Å². The average molecular weight is 348 g/mol. The molecule has 0 amide bonds. The van der Waals surface area contributed by atoms with Crippen LogP contribution in [0.2, 0.25) is 0 Å². The second kappa shape index (κ2) is 17.6. The van der Waals surface area contributed by atoms with Gasteiger partial charge in [0.05, 0.1) is 26.4 Å².